The van der Waals surface area contributed by atoms with Crippen LogP contribution in [0.1, 0.15) is 6.92 Å². The van der Waals surface area contributed by atoms with Gasteiger partial charge in [0.05, 0.1) is 7.11 Å². The lowest BCUT2D eigenvalue weighted by Crippen LogP contribution is -2.42. The number of methoxy groups -OCH3 is 1. The maximum Gasteiger partial charge on any atom is 0.329 e. The molecule has 98 valence electrons. The largest absolute Gasteiger partial charge is 0.467 e. The Kier molecular flexibility index (Phi) is 6.01. The van der Waals surface area contributed by atoms with Gasteiger partial charge in [-0.05, 0) is 24.3 Å². The molecule has 1 amide bonds. The van der Waals surface area contributed by atoms with E-state index in [9.17, 15) is 9.59 Å². The minimum atomic E-state index is -0.645. The van der Waals surface area contributed by atoms with E-state index in [0.717, 1.165) is 4.90 Å². The van der Waals surface area contributed by atoms with E-state index < -0.39 is 12.0 Å². The second kappa shape index (κ2) is 7.28. The van der Waals surface area contributed by atoms with Crippen LogP contribution in [-0.4, -0.2) is 30.8 Å². The molecule has 0 aromatic heterocycles. The van der Waals surface area contributed by atoms with Crippen LogP contribution < -0.4 is 5.32 Å². The van der Waals surface area contributed by atoms with Gasteiger partial charge in [-0.1, -0.05) is 11.6 Å². The second-order valence-corrected chi connectivity index (χ2v) is 5.07. The number of thioether (sulfide) groups is 1. The molecule has 4 nitrogen and oxygen atoms in total. The number of nitrogens with one attached hydrogen (secondary N) is 1. The lowest BCUT2D eigenvalue weighted by Gasteiger charge is -2.14. The molecule has 0 saturated heterocycles. The van der Waals surface area contributed by atoms with Crippen molar-refractivity contribution in [3.63, 3.8) is 0 Å². The first-order valence-corrected chi connectivity index (χ1v) is 6.62. The third-order valence-corrected chi connectivity index (χ3v) is 3.45. The van der Waals surface area contributed by atoms with Crippen molar-refractivity contribution in [2.45, 2.75) is 17.9 Å². The number of ether oxygens (including phenoxy) is 1. The molecule has 0 radical (unpaired) electrons. The first-order chi connectivity index (χ1) is 8.52. The summed E-state index contributed by atoms with van der Waals surface area (Å²) in [5.74, 6) is -0.304. The highest BCUT2D eigenvalue weighted by Crippen LogP contribution is 2.21. The van der Waals surface area contributed by atoms with Crippen molar-refractivity contribution in [2.75, 3.05) is 12.9 Å². The molecule has 1 atom stereocenters. The smallest absolute Gasteiger partial charge is 0.329 e. The third kappa shape index (κ3) is 4.98. The second-order valence-electron chi connectivity index (χ2n) is 3.54. The monoisotopic (exact) mass is 287 g/mol. The fourth-order valence-electron chi connectivity index (χ4n) is 1.27. The molecule has 0 aliphatic heterocycles. The molecule has 1 N–H and O–H groups in total. The number of esters is 1. The standard InChI is InChI=1S/C12H14ClNO3S/c1-8(15)14-11(12(16)17-2)7-18-10-5-3-9(13)4-6-10/h3-6,11H,7H2,1-2H3,(H,14,15)/t11-/m0/s1. The van der Waals surface area contributed by atoms with E-state index in [4.69, 9.17) is 11.6 Å². The van der Waals surface area contributed by atoms with Crippen LogP contribution in [0.15, 0.2) is 29.2 Å². The maximum absolute atomic E-state index is 11.5. The number of halogens is 1. The average Bonchev–Trinajstić information content (AvgIpc) is 2.35. The van der Waals surface area contributed by atoms with Crippen molar-refractivity contribution in [2.24, 2.45) is 0 Å². The van der Waals surface area contributed by atoms with Crippen LogP contribution in [0.3, 0.4) is 0 Å². The summed E-state index contributed by atoms with van der Waals surface area (Å²) in [6, 6.07) is 6.61. The van der Waals surface area contributed by atoms with Crippen LogP contribution in [0.2, 0.25) is 5.02 Å². The van der Waals surface area contributed by atoms with Gasteiger partial charge in [0.25, 0.3) is 0 Å². The van der Waals surface area contributed by atoms with Crippen LogP contribution in [0.4, 0.5) is 0 Å². The maximum atomic E-state index is 11.5. The summed E-state index contributed by atoms with van der Waals surface area (Å²) in [4.78, 5) is 23.4. The third-order valence-electron chi connectivity index (χ3n) is 2.09. The van der Waals surface area contributed by atoms with E-state index >= 15 is 0 Å². The molecule has 0 fully saturated rings. The number of hydrogen-bond acceptors (Lipinski definition) is 4. The first-order valence-electron chi connectivity index (χ1n) is 5.26. The Bertz CT molecular complexity index is 422. The zero-order valence-electron chi connectivity index (χ0n) is 10.1. The van der Waals surface area contributed by atoms with Gasteiger partial charge in [0.2, 0.25) is 5.91 Å². The fourth-order valence-corrected chi connectivity index (χ4v) is 2.30. The van der Waals surface area contributed by atoms with Gasteiger partial charge in [0.1, 0.15) is 6.04 Å². The molecular weight excluding hydrogens is 274 g/mol. The molecule has 0 unspecified atom stereocenters. The summed E-state index contributed by atoms with van der Waals surface area (Å²) in [5.41, 5.74) is 0. The summed E-state index contributed by atoms with van der Waals surface area (Å²) < 4.78 is 4.63. The van der Waals surface area contributed by atoms with Crippen molar-refractivity contribution in [3.05, 3.63) is 29.3 Å². The molecule has 6 heteroatoms. The normalized spacial score (nSPS) is 11.7. The highest BCUT2D eigenvalue weighted by atomic mass is 35.5. The van der Waals surface area contributed by atoms with Crippen LogP contribution in [0.25, 0.3) is 0 Å². The summed E-state index contributed by atoms with van der Waals surface area (Å²) in [6.07, 6.45) is 0. The molecule has 0 saturated carbocycles. The molecule has 18 heavy (non-hydrogen) atoms. The van der Waals surface area contributed by atoms with Crippen molar-refractivity contribution in [1.82, 2.24) is 5.32 Å². The van der Waals surface area contributed by atoms with Gasteiger partial charge in [0.15, 0.2) is 0 Å². The fraction of sp³-hybridized carbons (Fsp3) is 0.333. The van der Waals surface area contributed by atoms with E-state index in [0.29, 0.717) is 10.8 Å². The highest BCUT2D eigenvalue weighted by molar-refractivity contribution is 7.99. The Balaban J connectivity index is 2.58. The quantitative estimate of drug-likeness (QED) is 0.666. The van der Waals surface area contributed by atoms with Crippen LogP contribution >= 0.6 is 23.4 Å². The van der Waals surface area contributed by atoms with Gasteiger partial charge < -0.3 is 10.1 Å². The molecule has 0 aliphatic carbocycles. The zero-order chi connectivity index (χ0) is 13.5. The number of benzene rings is 1. The number of rotatable bonds is 5. The number of carbonyl (C=O) groups excluding carboxylic acids is 2. The summed E-state index contributed by atoms with van der Waals surface area (Å²) in [5, 5.41) is 3.21. The van der Waals surface area contributed by atoms with Crippen molar-refractivity contribution in [1.29, 1.82) is 0 Å². The predicted molar refractivity (Wildman–Crippen MR) is 71.8 cm³/mol. The number of amides is 1. The Morgan fingerprint density at radius 3 is 2.50 bits per heavy atom. The number of hydrogen-bond donors (Lipinski definition) is 1. The van der Waals surface area contributed by atoms with Crippen LogP contribution in [0.5, 0.6) is 0 Å². The van der Waals surface area contributed by atoms with E-state index in [1.165, 1.54) is 25.8 Å². The first kappa shape index (κ1) is 14.9. The van der Waals surface area contributed by atoms with E-state index in [2.05, 4.69) is 10.1 Å². The summed E-state index contributed by atoms with van der Waals surface area (Å²) >= 11 is 7.22. The van der Waals surface area contributed by atoms with Crippen LogP contribution in [-0.2, 0) is 14.3 Å². The Morgan fingerprint density at radius 1 is 1.39 bits per heavy atom. The van der Waals surface area contributed by atoms with Gasteiger partial charge in [0, 0.05) is 22.6 Å². The SMILES string of the molecule is COC(=O)[C@H](CSc1ccc(Cl)cc1)NC(C)=O. The lowest BCUT2D eigenvalue weighted by atomic mass is 10.3. The Labute approximate surface area is 115 Å². The molecule has 1 rings (SSSR count). The molecule has 0 aliphatic rings. The number of carbonyl (C=O) groups is 2. The van der Waals surface area contributed by atoms with E-state index in [1.807, 2.05) is 12.1 Å². The van der Waals surface area contributed by atoms with E-state index in [1.54, 1.807) is 12.1 Å². The minimum absolute atomic E-state index is 0.262. The zero-order valence-corrected chi connectivity index (χ0v) is 11.7. The van der Waals surface area contributed by atoms with Crippen molar-refractivity contribution >= 4 is 35.2 Å². The van der Waals surface area contributed by atoms with Crippen molar-refractivity contribution in [3.8, 4) is 0 Å². The van der Waals surface area contributed by atoms with Gasteiger partial charge in [-0.15, -0.1) is 11.8 Å². The minimum Gasteiger partial charge on any atom is -0.467 e. The van der Waals surface area contributed by atoms with Gasteiger partial charge in [-0.3, -0.25) is 4.79 Å². The lowest BCUT2D eigenvalue weighted by molar-refractivity contribution is -0.144. The van der Waals surface area contributed by atoms with Crippen LogP contribution in [0, 0.1) is 0 Å². The molecule has 0 heterocycles. The van der Waals surface area contributed by atoms with Gasteiger partial charge in [-0.25, -0.2) is 4.79 Å². The van der Waals surface area contributed by atoms with Crippen molar-refractivity contribution < 1.29 is 14.3 Å². The molecular formula is C12H14ClNO3S. The average molecular weight is 288 g/mol. The Morgan fingerprint density at radius 2 is 2.00 bits per heavy atom. The highest BCUT2D eigenvalue weighted by Gasteiger charge is 2.20. The molecule has 0 spiro atoms. The van der Waals surface area contributed by atoms with Gasteiger partial charge >= 0.3 is 5.97 Å². The summed E-state index contributed by atoms with van der Waals surface area (Å²) in [6.45, 7) is 1.36. The van der Waals surface area contributed by atoms with E-state index in [-0.39, 0.29) is 5.91 Å². The Hall–Kier alpha value is -1.20. The molecule has 0 bridgehead atoms. The molecule has 1 aromatic rings. The molecule has 1 aromatic carbocycles. The summed E-state index contributed by atoms with van der Waals surface area (Å²) in [7, 11) is 1.30. The predicted octanol–water partition coefficient (Wildman–Crippen LogP) is 2.11. The van der Waals surface area contributed by atoms with Gasteiger partial charge in [-0.2, -0.15) is 0 Å². The topological polar surface area (TPSA) is 55.4 Å².